The molecule has 0 aliphatic rings. The van der Waals surface area contributed by atoms with E-state index in [-0.39, 0.29) is 11.8 Å². The number of carbonyl (C=O) groups is 1. The molecular weight excluding hydrogens is 438 g/mol. The molecule has 0 aliphatic carbocycles. The van der Waals surface area contributed by atoms with E-state index in [1.165, 1.54) is 30.3 Å². The van der Waals surface area contributed by atoms with Gasteiger partial charge in [-0.2, -0.15) is 26.3 Å². The van der Waals surface area contributed by atoms with E-state index in [0.717, 1.165) is 12.3 Å². The first-order valence-electron chi connectivity index (χ1n) is 8.00. The van der Waals surface area contributed by atoms with Gasteiger partial charge >= 0.3 is 12.4 Å². The minimum atomic E-state index is -5.03. The summed E-state index contributed by atoms with van der Waals surface area (Å²) in [6, 6.07) is 6.45. The molecule has 2 aromatic rings. The van der Waals surface area contributed by atoms with Crippen LogP contribution < -0.4 is 10.0 Å². The van der Waals surface area contributed by atoms with Gasteiger partial charge in [0.25, 0.3) is 0 Å². The Bertz CT molecular complexity index is 1030. The third-order valence-corrected chi connectivity index (χ3v) is 4.10. The zero-order valence-electron chi connectivity index (χ0n) is 15.1. The zero-order chi connectivity index (χ0) is 22.7. The highest BCUT2D eigenvalue weighted by atomic mass is 32.2. The molecule has 162 valence electrons. The van der Waals surface area contributed by atoms with Crippen molar-refractivity contribution in [2.24, 2.45) is 0 Å². The van der Waals surface area contributed by atoms with Crippen molar-refractivity contribution in [1.29, 1.82) is 0 Å². The molecule has 0 saturated carbocycles. The van der Waals surface area contributed by atoms with Crippen LogP contribution in [0.2, 0.25) is 0 Å². The molecule has 0 spiro atoms. The van der Waals surface area contributed by atoms with E-state index in [0.29, 0.717) is 17.7 Å². The molecule has 0 atom stereocenters. The summed E-state index contributed by atoms with van der Waals surface area (Å²) in [5.74, 6) is -0.958. The van der Waals surface area contributed by atoms with Crippen LogP contribution in [0.1, 0.15) is 16.7 Å². The van der Waals surface area contributed by atoms with Crippen molar-refractivity contribution in [2.45, 2.75) is 12.4 Å². The number of benzene rings is 2. The lowest BCUT2D eigenvalue weighted by Crippen LogP contribution is -2.14. The van der Waals surface area contributed by atoms with Crippen molar-refractivity contribution in [3.63, 3.8) is 0 Å². The predicted octanol–water partition coefficient (Wildman–Crippen LogP) is 4.75. The van der Waals surface area contributed by atoms with E-state index in [1.54, 1.807) is 0 Å². The third kappa shape index (κ3) is 7.10. The summed E-state index contributed by atoms with van der Waals surface area (Å²) in [5.41, 5.74) is -3.07. The normalized spacial score (nSPS) is 12.8. The smallest absolute Gasteiger partial charge is 0.322 e. The number of anilines is 2. The van der Waals surface area contributed by atoms with Gasteiger partial charge in [0, 0.05) is 17.5 Å². The molecular formula is C18H14F6N2O3S. The lowest BCUT2D eigenvalue weighted by Gasteiger charge is -2.14. The van der Waals surface area contributed by atoms with Gasteiger partial charge in [-0.1, -0.05) is 12.1 Å². The molecule has 12 heteroatoms. The van der Waals surface area contributed by atoms with Crippen LogP contribution in [0.15, 0.2) is 48.5 Å². The fourth-order valence-corrected chi connectivity index (χ4v) is 2.82. The highest BCUT2D eigenvalue weighted by Crippen LogP contribution is 2.37. The van der Waals surface area contributed by atoms with Crippen LogP contribution in [0.5, 0.6) is 0 Å². The number of carbonyl (C=O) groups excluding carboxylic acids is 1. The summed E-state index contributed by atoms with van der Waals surface area (Å²) in [6.07, 6.45) is -6.94. The van der Waals surface area contributed by atoms with E-state index in [9.17, 15) is 39.6 Å². The molecule has 0 bridgehead atoms. The van der Waals surface area contributed by atoms with Gasteiger partial charge in [-0.05, 0) is 42.0 Å². The monoisotopic (exact) mass is 452 g/mol. The average Bonchev–Trinajstić information content (AvgIpc) is 2.58. The second-order valence-corrected chi connectivity index (χ2v) is 7.86. The third-order valence-electron chi connectivity index (χ3n) is 3.50. The molecule has 2 N–H and O–H groups in total. The van der Waals surface area contributed by atoms with Gasteiger partial charge in [0.05, 0.1) is 17.4 Å². The molecule has 0 aromatic heterocycles. The quantitative estimate of drug-likeness (QED) is 0.508. The second-order valence-electron chi connectivity index (χ2n) is 6.11. The molecule has 0 radical (unpaired) electrons. The van der Waals surface area contributed by atoms with Crippen molar-refractivity contribution in [1.82, 2.24) is 0 Å². The van der Waals surface area contributed by atoms with Crippen LogP contribution in [0.3, 0.4) is 0 Å². The summed E-state index contributed by atoms with van der Waals surface area (Å²) in [4.78, 5) is 11.9. The Morgan fingerprint density at radius 2 is 1.37 bits per heavy atom. The number of sulfonamides is 1. The Kier molecular flexibility index (Phi) is 6.50. The Morgan fingerprint density at radius 3 is 1.80 bits per heavy atom. The Balaban J connectivity index is 2.17. The number of hydrogen-bond acceptors (Lipinski definition) is 3. The fourth-order valence-electron chi connectivity index (χ4n) is 2.26. The van der Waals surface area contributed by atoms with Crippen molar-refractivity contribution in [3.8, 4) is 0 Å². The molecule has 2 rings (SSSR count). The lowest BCUT2D eigenvalue weighted by atomic mass is 10.1. The van der Waals surface area contributed by atoms with E-state index in [2.05, 4.69) is 4.72 Å². The second kappa shape index (κ2) is 8.38. The van der Waals surface area contributed by atoms with Crippen molar-refractivity contribution < 1.29 is 39.6 Å². The molecule has 0 aliphatic heterocycles. The highest BCUT2D eigenvalue weighted by molar-refractivity contribution is 7.92. The summed E-state index contributed by atoms with van der Waals surface area (Å²) >= 11 is 0. The number of alkyl halides is 6. The Labute approximate surface area is 167 Å². The number of halogens is 6. The zero-order valence-corrected chi connectivity index (χ0v) is 15.9. The van der Waals surface area contributed by atoms with Crippen molar-refractivity contribution >= 4 is 33.4 Å². The summed E-state index contributed by atoms with van der Waals surface area (Å²) < 4.78 is 102. The maximum Gasteiger partial charge on any atom is 0.416 e. The molecule has 2 aromatic carbocycles. The van der Waals surface area contributed by atoms with E-state index >= 15 is 0 Å². The van der Waals surface area contributed by atoms with Gasteiger partial charge in [-0.25, -0.2) is 8.42 Å². The Morgan fingerprint density at radius 1 is 0.867 bits per heavy atom. The van der Waals surface area contributed by atoms with Crippen molar-refractivity contribution in [2.75, 3.05) is 16.3 Å². The fraction of sp³-hybridized carbons (Fsp3) is 0.167. The number of rotatable bonds is 5. The van der Waals surface area contributed by atoms with Crippen LogP contribution in [-0.2, 0) is 27.2 Å². The maximum absolute atomic E-state index is 12.8. The minimum absolute atomic E-state index is 0.0441. The SMILES string of the molecule is CS(=O)(=O)Nc1ccc(/C=C/C(=O)Nc2cc(C(F)(F)F)cc(C(F)(F)F)c2)cc1. The maximum atomic E-state index is 12.8. The first kappa shape index (κ1) is 23.3. The molecule has 0 fully saturated rings. The van der Waals surface area contributed by atoms with Gasteiger partial charge < -0.3 is 5.32 Å². The number of hydrogen-bond donors (Lipinski definition) is 2. The van der Waals surface area contributed by atoms with Crippen LogP contribution in [0.25, 0.3) is 6.08 Å². The first-order valence-corrected chi connectivity index (χ1v) is 9.89. The minimum Gasteiger partial charge on any atom is -0.322 e. The predicted molar refractivity (Wildman–Crippen MR) is 99.0 cm³/mol. The number of nitrogens with one attached hydrogen (secondary N) is 2. The Hall–Kier alpha value is -3.02. The van der Waals surface area contributed by atoms with Crippen LogP contribution in [-0.4, -0.2) is 20.6 Å². The molecule has 1 amide bonds. The first-order chi connectivity index (χ1) is 13.6. The van der Waals surface area contributed by atoms with Crippen LogP contribution in [0, 0.1) is 0 Å². The number of amides is 1. The molecule has 30 heavy (non-hydrogen) atoms. The van der Waals surface area contributed by atoms with Gasteiger partial charge in [-0.3, -0.25) is 9.52 Å². The largest absolute Gasteiger partial charge is 0.416 e. The summed E-state index contributed by atoms with van der Waals surface area (Å²) in [7, 11) is -3.47. The highest BCUT2D eigenvalue weighted by Gasteiger charge is 2.37. The van der Waals surface area contributed by atoms with E-state index in [1.807, 2.05) is 5.32 Å². The van der Waals surface area contributed by atoms with Crippen LogP contribution in [0.4, 0.5) is 37.7 Å². The summed E-state index contributed by atoms with van der Waals surface area (Å²) in [6.45, 7) is 0. The van der Waals surface area contributed by atoms with E-state index in [4.69, 9.17) is 0 Å². The summed E-state index contributed by atoms with van der Waals surface area (Å²) in [5, 5.41) is 1.96. The van der Waals surface area contributed by atoms with E-state index < -0.39 is 45.1 Å². The topological polar surface area (TPSA) is 75.3 Å². The van der Waals surface area contributed by atoms with Gasteiger partial charge in [0.15, 0.2) is 0 Å². The molecule has 0 unspecified atom stereocenters. The standard InChI is InChI=1S/C18H14F6N2O3S/c1-30(28,29)26-14-5-2-11(3-6-14)4-7-16(27)25-15-9-12(17(19,20)21)8-13(10-15)18(22,23)24/h2-10,26H,1H3,(H,25,27)/b7-4+. The van der Waals surface area contributed by atoms with Gasteiger partial charge in [-0.15, -0.1) is 0 Å². The molecule has 0 heterocycles. The van der Waals surface area contributed by atoms with Crippen molar-refractivity contribution in [3.05, 3.63) is 65.2 Å². The molecule has 0 saturated heterocycles. The average molecular weight is 452 g/mol. The lowest BCUT2D eigenvalue weighted by molar-refractivity contribution is -0.143. The molecule has 5 nitrogen and oxygen atoms in total. The van der Waals surface area contributed by atoms with Gasteiger partial charge in [0.2, 0.25) is 15.9 Å². The van der Waals surface area contributed by atoms with Crippen LogP contribution >= 0.6 is 0 Å². The van der Waals surface area contributed by atoms with Gasteiger partial charge in [0.1, 0.15) is 0 Å².